The van der Waals surface area contributed by atoms with Gasteiger partial charge in [0.25, 0.3) is 11.1 Å². The van der Waals surface area contributed by atoms with Crippen LogP contribution in [0.3, 0.4) is 0 Å². The van der Waals surface area contributed by atoms with Crippen molar-refractivity contribution in [1.29, 1.82) is 0 Å². The molecule has 4 aromatic rings. The highest BCUT2D eigenvalue weighted by Crippen LogP contribution is 2.34. The van der Waals surface area contributed by atoms with Crippen molar-refractivity contribution in [2.45, 2.75) is 45.3 Å². The maximum absolute atomic E-state index is 12.9. The average molecular weight is 430 g/mol. The zero-order chi connectivity index (χ0) is 22.2. The van der Waals surface area contributed by atoms with Crippen molar-refractivity contribution in [3.63, 3.8) is 0 Å². The maximum Gasteiger partial charge on any atom is 0.306 e. The summed E-state index contributed by atoms with van der Waals surface area (Å²) in [4.78, 5) is 46.7. The summed E-state index contributed by atoms with van der Waals surface area (Å²) in [5, 5.41) is 0.592. The van der Waals surface area contributed by atoms with Gasteiger partial charge in [0.1, 0.15) is 18.1 Å². The molecule has 0 saturated heterocycles. The summed E-state index contributed by atoms with van der Waals surface area (Å²) in [6.07, 6.45) is 3.94. The number of carbonyl (C=O) groups is 1. The lowest BCUT2D eigenvalue weighted by Crippen LogP contribution is -2.25. The third-order valence-corrected chi connectivity index (χ3v) is 5.67. The molecule has 0 atom stereocenters. The van der Waals surface area contributed by atoms with Gasteiger partial charge in [-0.25, -0.2) is 9.97 Å². The number of pyridine rings is 1. The molecule has 0 unspecified atom stereocenters. The van der Waals surface area contributed by atoms with Crippen LogP contribution in [0.15, 0.2) is 58.3 Å². The first-order chi connectivity index (χ1) is 15.5. The van der Waals surface area contributed by atoms with Gasteiger partial charge in [0.2, 0.25) is 0 Å². The molecule has 8 nitrogen and oxygen atoms in total. The number of aromatic nitrogens is 4. The topological polar surface area (TPSA) is 95.6 Å². The molecule has 3 heterocycles. The van der Waals surface area contributed by atoms with E-state index in [2.05, 4.69) is 9.97 Å². The van der Waals surface area contributed by atoms with Gasteiger partial charge in [-0.15, -0.1) is 0 Å². The van der Waals surface area contributed by atoms with Crippen molar-refractivity contribution < 1.29 is 9.53 Å². The Morgan fingerprint density at radius 2 is 1.94 bits per heavy atom. The Labute approximate surface area is 183 Å². The number of nitrogens with zero attached hydrogens (tertiary/aromatic N) is 4. The lowest BCUT2D eigenvalue weighted by Gasteiger charge is -2.12. The van der Waals surface area contributed by atoms with Crippen molar-refractivity contribution >= 4 is 22.5 Å². The Kier molecular flexibility index (Phi) is 5.05. The molecule has 1 aliphatic carbocycles. The number of hydrogen-bond acceptors (Lipinski definition) is 6. The van der Waals surface area contributed by atoms with E-state index < -0.39 is 5.97 Å². The van der Waals surface area contributed by atoms with Gasteiger partial charge >= 0.3 is 5.97 Å². The van der Waals surface area contributed by atoms with Crippen LogP contribution in [-0.4, -0.2) is 24.9 Å². The fourth-order valence-corrected chi connectivity index (χ4v) is 3.90. The van der Waals surface area contributed by atoms with E-state index in [1.807, 2.05) is 31.2 Å². The summed E-state index contributed by atoms with van der Waals surface area (Å²) >= 11 is 0. The highest BCUT2D eigenvalue weighted by molar-refractivity contribution is 5.77. The molecule has 0 bridgehead atoms. The predicted octanol–water partition coefficient (Wildman–Crippen LogP) is 2.72. The second kappa shape index (κ2) is 8.03. The average Bonchev–Trinajstić information content (AvgIpc) is 3.62. The molecule has 1 saturated carbocycles. The molecule has 1 aliphatic rings. The fourth-order valence-electron chi connectivity index (χ4n) is 3.90. The molecule has 1 aromatic carbocycles. The Morgan fingerprint density at radius 1 is 1.12 bits per heavy atom. The maximum atomic E-state index is 12.9. The van der Waals surface area contributed by atoms with Crippen LogP contribution in [-0.2, 0) is 22.6 Å². The minimum atomic E-state index is -0.429. The van der Waals surface area contributed by atoms with E-state index >= 15 is 0 Å². The third-order valence-electron chi connectivity index (χ3n) is 5.67. The summed E-state index contributed by atoms with van der Waals surface area (Å²) in [6, 6.07) is 12.4. The Balaban J connectivity index is 1.31. The first-order valence-electron chi connectivity index (χ1n) is 10.6. The van der Waals surface area contributed by atoms with E-state index in [1.54, 1.807) is 22.9 Å². The van der Waals surface area contributed by atoms with Crippen LogP contribution < -0.4 is 11.1 Å². The zero-order valence-corrected chi connectivity index (χ0v) is 17.7. The molecule has 0 N–H and O–H groups in total. The highest BCUT2D eigenvalue weighted by atomic mass is 16.5. The van der Waals surface area contributed by atoms with E-state index in [9.17, 15) is 14.4 Å². The highest BCUT2D eigenvalue weighted by Gasteiger charge is 2.28. The monoisotopic (exact) mass is 430 g/mol. The minimum Gasteiger partial charge on any atom is -0.459 e. The molecule has 0 radical (unpaired) electrons. The van der Waals surface area contributed by atoms with E-state index in [0.717, 1.165) is 18.4 Å². The molecular weight excluding hydrogens is 408 g/mol. The Bertz CT molecular complexity index is 1470. The van der Waals surface area contributed by atoms with Crippen molar-refractivity contribution in [2.24, 2.45) is 0 Å². The molecule has 0 spiro atoms. The number of fused-ring (bicyclic) bond motifs is 2. The number of carbonyl (C=O) groups excluding carboxylic acids is 1. The Hall–Kier alpha value is -3.81. The summed E-state index contributed by atoms with van der Waals surface area (Å²) in [7, 11) is 0. The van der Waals surface area contributed by atoms with Gasteiger partial charge in [-0.1, -0.05) is 18.2 Å². The van der Waals surface area contributed by atoms with Crippen LogP contribution in [0.2, 0.25) is 0 Å². The number of aryl methyl sites for hydroxylation is 2. The normalized spacial score (nSPS) is 13.5. The standard InChI is InChI=1S/C24H22N4O4/c1-15-5-4-12-27-21(29)13-16(25-23(15)27)14-32-22(30)11-10-20-26-19-7-3-2-6-18(19)24(31)28(20)17-8-9-17/h2-7,12-13,17H,8-11,14H2,1H3. The molecule has 32 heavy (non-hydrogen) atoms. The van der Waals surface area contributed by atoms with E-state index in [-0.39, 0.29) is 30.2 Å². The summed E-state index contributed by atoms with van der Waals surface area (Å²) in [5.41, 5.74) is 2.15. The van der Waals surface area contributed by atoms with Crippen LogP contribution in [0.5, 0.6) is 0 Å². The molecule has 8 heteroatoms. The van der Waals surface area contributed by atoms with Gasteiger partial charge in [-0.05, 0) is 43.5 Å². The van der Waals surface area contributed by atoms with Crippen molar-refractivity contribution in [3.05, 3.63) is 86.5 Å². The van der Waals surface area contributed by atoms with E-state index in [0.29, 0.717) is 34.5 Å². The van der Waals surface area contributed by atoms with Gasteiger partial charge in [0.15, 0.2) is 0 Å². The number of ether oxygens (including phenoxy) is 1. The van der Waals surface area contributed by atoms with Crippen molar-refractivity contribution in [2.75, 3.05) is 0 Å². The lowest BCUT2D eigenvalue weighted by molar-refractivity contribution is -0.145. The van der Waals surface area contributed by atoms with Crippen molar-refractivity contribution in [3.8, 4) is 0 Å². The van der Waals surface area contributed by atoms with Gasteiger partial charge in [-0.2, -0.15) is 0 Å². The first kappa shape index (κ1) is 20.1. The lowest BCUT2D eigenvalue weighted by atomic mass is 10.2. The number of esters is 1. The molecule has 3 aromatic heterocycles. The van der Waals surface area contributed by atoms with Crippen LogP contribution in [0.4, 0.5) is 0 Å². The van der Waals surface area contributed by atoms with Gasteiger partial charge in [0.05, 0.1) is 23.0 Å². The molecule has 5 rings (SSSR count). The number of hydrogen-bond donors (Lipinski definition) is 0. The first-order valence-corrected chi connectivity index (χ1v) is 10.6. The van der Waals surface area contributed by atoms with Crippen LogP contribution >= 0.6 is 0 Å². The van der Waals surface area contributed by atoms with E-state index in [4.69, 9.17) is 4.74 Å². The second-order valence-corrected chi connectivity index (χ2v) is 8.08. The Morgan fingerprint density at radius 3 is 2.75 bits per heavy atom. The number of benzene rings is 1. The minimum absolute atomic E-state index is 0.0577. The smallest absolute Gasteiger partial charge is 0.306 e. The van der Waals surface area contributed by atoms with Crippen LogP contribution in [0.1, 0.15) is 42.4 Å². The number of rotatable bonds is 6. The van der Waals surface area contributed by atoms with Gasteiger partial charge in [-0.3, -0.25) is 23.4 Å². The zero-order valence-electron chi connectivity index (χ0n) is 17.7. The van der Waals surface area contributed by atoms with Gasteiger partial charge in [0, 0.05) is 24.7 Å². The van der Waals surface area contributed by atoms with Crippen LogP contribution in [0, 0.1) is 6.92 Å². The van der Waals surface area contributed by atoms with Crippen LogP contribution in [0.25, 0.3) is 16.6 Å². The quantitative estimate of drug-likeness (QED) is 0.437. The molecular formula is C24H22N4O4. The van der Waals surface area contributed by atoms with E-state index in [1.165, 1.54) is 10.5 Å². The summed E-state index contributed by atoms with van der Waals surface area (Å²) in [5.74, 6) is 0.174. The fraction of sp³-hybridized carbons (Fsp3) is 0.292. The summed E-state index contributed by atoms with van der Waals surface area (Å²) < 4.78 is 8.55. The molecule has 1 fully saturated rings. The second-order valence-electron chi connectivity index (χ2n) is 8.08. The third kappa shape index (κ3) is 3.79. The summed E-state index contributed by atoms with van der Waals surface area (Å²) in [6.45, 7) is 1.78. The van der Waals surface area contributed by atoms with Gasteiger partial charge < -0.3 is 4.74 Å². The molecule has 162 valence electrons. The predicted molar refractivity (Wildman–Crippen MR) is 119 cm³/mol. The molecule has 0 amide bonds. The number of para-hydroxylation sites is 1. The van der Waals surface area contributed by atoms with Crippen molar-refractivity contribution in [1.82, 2.24) is 18.9 Å². The largest absolute Gasteiger partial charge is 0.459 e. The SMILES string of the molecule is Cc1cccn2c(=O)cc(COC(=O)CCc3nc4ccccc4c(=O)n3C3CC3)nc12. The molecule has 0 aliphatic heterocycles.